The molecule has 0 radical (unpaired) electrons. The molecule has 0 aromatic heterocycles. The largest absolute Gasteiger partial charge is 0.481 e. The third-order valence-electron chi connectivity index (χ3n) is 0.728. The summed E-state index contributed by atoms with van der Waals surface area (Å²) in [5.41, 5.74) is 0. The Kier molecular flexibility index (Phi) is 12.0. The van der Waals surface area contributed by atoms with E-state index in [2.05, 4.69) is 5.32 Å². The van der Waals surface area contributed by atoms with E-state index in [1.807, 2.05) is 0 Å². The van der Waals surface area contributed by atoms with Crippen LogP contribution in [-0.4, -0.2) is 47.1 Å². The molecule has 5 nitrogen and oxygen atoms in total. The number of aliphatic hydroxyl groups excluding tert-OH is 2. The Bertz CT molecular complexity index is 102. The zero-order valence-electron chi connectivity index (χ0n) is 7.45. The Labute approximate surface area is 72.0 Å². The molecule has 0 aromatic carbocycles. The molecule has 0 aromatic rings. The molecule has 5 heteroatoms. The molecule has 0 amide bonds. The van der Waals surface area contributed by atoms with Gasteiger partial charge in [0.05, 0.1) is 12.7 Å². The van der Waals surface area contributed by atoms with Crippen LogP contribution in [0.2, 0.25) is 0 Å². The quantitative estimate of drug-likeness (QED) is 0.417. The highest BCUT2D eigenvalue weighted by Crippen LogP contribution is 1.71. The molecule has 0 fully saturated rings. The maximum Gasteiger partial charge on any atom is 0.300 e. The third kappa shape index (κ3) is 34.5. The summed E-state index contributed by atoms with van der Waals surface area (Å²) in [5, 5.41) is 27.1. The average molecular weight is 179 g/mol. The van der Waals surface area contributed by atoms with Gasteiger partial charge in [0.1, 0.15) is 0 Å². The lowest BCUT2D eigenvalue weighted by atomic mass is 10.4. The summed E-state index contributed by atoms with van der Waals surface area (Å²) in [6, 6.07) is 0. The summed E-state index contributed by atoms with van der Waals surface area (Å²) in [6.45, 7) is 4.03. The van der Waals surface area contributed by atoms with Crippen LogP contribution in [0.5, 0.6) is 0 Å². The predicted molar refractivity (Wildman–Crippen MR) is 44.9 cm³/mol. The first-order valence-electron chi connectivity index (χ1n) is 3.69. The fourth-order valence-corrected chi connectivity index (χ4v) is 0.390. The Balaban J connectivity index is 0. The van der Waals surface area contributed by atoms with Crippen LogP contribution in [0.3, 0.4) is 0 Å². The maximum absolute atomic E-state index is 9.00. The minimum Gasteiger partial charge on any atom is -0.481 e. The minimum absolute atomic E-state index is 0.132. The standard InChI is InChI=1S/C5H13NO2.C2H4O2/c1-5(8)4-6-2-3-7;1-2(3)4/h5-8H,2-4H2,1H3;1H3,(H,3,4). The highest BCUT2D eigenvalue weighted by molar-refractivity contribution is 5.62. The second-order valence-corrected chi connectivity index (χ2v) is 2.30. The number of aliphatic hydroxyl groups is 2. The number of aliphatic carboxylic acids is 1. The van der Waals surface area contributed by atoms with Crippen LogP contribution in [0.25, 0.3) is 0 Å². The number of nitrogens with one attached hydrogen (secondary N) is 1. The molecular formula is C7H17NO4. The highest BCUT2D eigenvalue weighted by Gasteiger charge is 1.90. The van der Waals surface area contributed by atoms with Gasteiger partial charge in [0.2, 0.25) is 0 Å². The van der Waals surface area contributed by atoms with Gasteiger partial charge >= 0.3 is 0 Å². The lowest BCUT2D eigenvalue weighted by Crippen LogP contribution is -2.26. The van der Waals surface area contributed by atoms with Crippen molar-refractivity contribution < 1.29 is 20.1 Å². The Morgan fingerprint density at radius 3 is 2.25 bits per heavy atom. The Morgan fingerprint density at radius 2 is 2.00 bits per heavy atom. The first kappa shape index (κ1) is 13.9. The molecule has 74 valence electrons. The number of hydrogen-bond donors (Lipinski definition) is 4. The van der Waals surface area contributed by atoms with Gasteiger partial charge < -0.3 is 20.6 Å². The van der Waals surface area contributed by atoms with E-state index in [9.17, 15) is 0 Å². The molecule has 0 aliphatic heterocycles. The molecule has 0 spiro atoms. The monoisotopic (exact) mass is 179 g/mol. The van der Waals surface area contributed by atoms with E-state index in [1.54, 1.807) is 6.92 Å². The molecule has 1 atom stereocenters. The van der Waals surface area contributed by atoms with Gasteiger partial charge in [0, 0.05) is 20.0 Å². The van der Waals surface area contributed by atoms with Gasteiger partial charge in [-0.25, -0.2) is 0 Å². The summed E-state index contributed by atoms with van der Waals surface area (Å²) in [4.78, 5) is 9.00. The molecular weight excluding hydrogens is 162 g/mol. The molecule has 4 N–H and O–H groups in total. The first-order valence-corrected chi connectivity index (χ1v) is 3.69. The molecule has 0 bridgehead atoms. The van der Waals surface area contributed by atoms with Crippen molar-refractivity contribution in [2.24, 2.45) is 0 Å². The number of carbonyl (C=O) groups is 1. The average Bonchev–Trinajstić information content (AvgIpc) is 1.86. The maximum atomic E-state index is 9.00. The van der Waals surface area contributed by atoms with Gasteiger partial charge in [-0.2, -0.15) is 0 Å². The summed E-state index contributed by atoms with van der Waals surface area (Å²) >= 11 is 0. The molecule has 0 heterocycles. The van der Waals surface area contributed by atoms with Gasteiger partial charge in [-0.15, -0.1) is 0 Å². The second kappa shape index (κ2) is 10.3. The lowest BCUT2D eigenvalue weighted by Gasteiger charge is -2.02. The molecule has 1 unspecified atom stereocenters. The molecule has 0 rings (SSSR count). The third-order valence-corrected chi connectivity index (χ3v) is 0.728. The van der Waals surface area contributed by atoms with Crippen molar-refractivity contribution in [3.05, 3.63) is 0 Å². The first-order chi connectivity index (χ1) is 5.50. The number of hydrogen-bond acceptors (Lipinski definition) is 4. The topological polar surface area (TPSA) is 89.8 Å². The molecule has 0 saturated carbocycles. The normalized spacial score (nSPS) is 11.3. The van der Waals surface area contributed by atoms with Gasteiger partial charge in [-0.3, -0.25) is 4.79 Å². The van der Waals surface area contributed by atoms with Crippen molar-refractivity contribution in [1.82, 2.24) is 5.32 Å². The van der Waals surface area contributed by atoms with Gasteiger partial charge in [-0.1, -0.05) is 0 Å². The zero-order chi connectivity index (χ0) is 9.98. The van der Waals surface area contributed by atoms with Crippen LogP contribution >= 0.6 is 0 Å². The Hall–Kier alpha value is -0.650. The minimum atomic E-state index is -0.833. The van der Waals surface area contributed by atoms with Crippen LogP contribution in [0.15, 0.2) is 0 Å². The fourth-order valence-electron chi connectivity index (χ4n) is 0.390. The summed E-state index contributed by atoms with van der Waals surface area (Å²) < 4.78 is 0. The van der Waals surface area contributed by atoms with Gasteiger partial charge in [0.15, 0.2) is 0 Å². The molecule has 0 aliphatic carbocycles. The van der Waals surface area contributed by atoms with E-state index in [0.29, 0.717) is 13.1 Å². The number of rotatable bonds is 4. The van der Waals surface area contributed by atoms with Crippen LogP contribution in [0, 0.1) is 0 Å². The van der Waals surface area contributed by atoms with Gasteiger partial charge in [0.25, 0.3) is 5.97 Å². The van der Waals surface area contributed by atoms with Crippen LogP contribution < -0.4 is 5.32 Å². The SMILES string of the molecule is CC(=O)O.CC(O)CNCCO. The second-order valence-electron chi connectivity index (χ2n) is 2.30. The van der Waals surface area contributed by atoms with Crippen molar-refractivity contribution in [2.75, 3.05) is 19.7 Å². The molecule has 0 saturated heterocycles. The van der Waals surface area contributed by atoms with Crippen LogP contribution in [0.1, 0.15) is 13.8 Å². The van der Waals surface area contributed by atoms with E-state index in [0.717, 1.165) is 6.92 Å². The van der Waals surface area contributed by atoms with E-state index in [4.69, 9.17) is 20.1 Å². The fraction of sp³-hybridized carbons (Fsp3) is 0.857. The van der Waals surface area contributed by atoms with Gasteiger partial charge in [-0.05, 0) is 6.92 Å². The summed E-state index contributed by atoms with van der Waals surface area (Å²) in [6.07, 6.45) is -0.318. The van der Waals surface area contributed by atoms with E-state index in [-0.39, 0.29) is 12.7 Å². The zero-order valence-corrected chi connectivity index (χ0v) is 7.45. The van der Waals surface area contributed by atoms with Crippen molar-refractivity contribution >= 4 is 5.97 Å². The molecule has 12 heavy (non-hydrogen) atoms. The summed E-state index contributed by atoms with van der Waals surface area (Å²) in [7, 11) is 0. The van der Waals surface area contributed by atoms with E-state index < -0.39 is 5.97 Å². The van der Waals surface area contributed by atoms with E-state index >= 15 is 0 Å². The summed E-state index contributed by atoms with van der Waals surface area (Å²) in [5.74, 6) is -0.833. The number of carboxylic acids is 1. The van der Waals surface area contributed by atoms with Crippen molar-refractivity contribution in [1.29, 1.82) is 0 Å². The van der Waals surface area contributed by atoms with E-state index in [1.165, 1.54) is 0 Å². The van der Waals surface area contributed by atoms with Crippen molar-refractivity contribution in [3.63, 3.8) is 0 Å². The highest BCUT2D eigenvalue weighted by atomic mass is 16.4. The Morgan fingerprint density at radius 1 is 1.58 bits per heavy atom. The molecule has 0 aliphatic rings. The van der Waals surface area contributed by atoms with Crippen molar-refractivity contribution in [2.45, 2.75) is 20.0 Å². The van der Waals surface area contributed by atoms with Crippen LogP contribution in [0.4, 0.5) is 0 Å². The predicted octanol–water partition coefficient (Wildman–Crippen LogP) is -0.960. The van der Waals surface area contributed by atoms with Crippen molar-refractivity contribution in [3.8, 4) is 0 Å². The van der Waals surface area contributed by atoms with Crippen LogP contribution in [-0.2, 0) is 4.79 Å². The number of carboxylic acid groups (broad SMARTS) is 1. The lowest BCUT2D eigenvalue weighted by molar-refractivity contribution is -0.134. The smallest absolute Gasteiger partial charge is 0.300 e.